The van der Waals surface area contributed by atoms with Crippen molar-refractivity contribution in [2.24, 2.45) is 0 Å². The van der Waals surface area contributed by atoms with E-state index in [9.17, 15) is 8.42 Å². The molecule has 0 bridgehead atoms. The Morgan fingerprint density at radius 2 is 1.83 bits per heavy atom. The SMILES string of the molecule is CCCCc1ccc(OC(CCNC)c2ccoc2)c2ccccc12.CS(=O)(=O)O. The number of unbranched alkanes of at least 4 members (excludes halogenated alkanes) is 1. The minimum absolute atomic E-state index is 0.0175. The molecule has 0 radical (unpaired) electrons. The van der Waals surface area contributed by atoms with Crippen LogP contribution in [0.25, 0.3) is 10.8 Å². The van der Waals surface area contributed by atoms with Gasteiger partial charge >= 0.3 is 0 Å². The highest BCUT2D eigenvalue weighted by Crippen LogP contribution is 2.33. The normalized spacial score (nSPS) is 12.3. The molecule has 7 heteroatoms. The van der Waals surface area contributed by atoms with Crippen LogP contribution in [0.5, 0.6) is 5.75 Å². The van der Waals surface area contributed by atoms with Gasteiger partial charge in [0.2, 0.25) is 0 Å². The predicted octanol–water partition coefficient (Wildman–Crippen LogP) is 5.01. The fourth-order valence-electron chi connectivity index (χ4n) is 3.20. The Morgan fingerprint density at radius 1 is 1.13 bits per heavy atom. The van der Waals surface area contributed by atoms with Crippen LogP contribution in [0.2, 0.25) is 0 Å². The molecule has 0 saturated heterocycles. The van der Waals surface area contributed by atoms with E-state index in [1.165, 1.54) is 29.2 Å². The first-order valence-corrected chi connectivity index (χ1v) is 11.9. The van der Waals surface area contributed by atoms with Gasteiger partial charge in [-0.1, -0.05) is 43.7 Å². The standard InChI is InChI=1S/C22H27NO2.CH4O3S/c1-3-4-7-17-10-11-22(20-9-6-5-8-19(17)20)25-21(12-14-23-2)18-13-15-24-16-18;1-5(2,3)4/h5-6,8-11,13,15-16,21,23H,3-4,7,12,14H2,1-2H3;1H3,(H,2,3,4). The molecule has 0 spiro atoms. The van der Waals surface area contributed by atoms with Crippen LogP contribution in [0.3, 0.4) is 0 Å². The van der Waals surface area contributed by atoms with Gasteiger partial charge in [0.15, 0.2) is 0 Å². The summed E-state index contributed by atoms with van der Waals surface area (Å²) in [6, 6.07) is 14.9. The summed E-state index contributed by atoms with van der Waals surface area (Å²) in [6.07, 6.45) is 8.60. The van der Waals surface area contributed by atoms with Crippen LogP contribution in [0.15, 0.2) is 59.4 Å². The number of hydrogen-bond donors (Lipinski definition) is 2. The molecular weight excluding hydrogens is 402 g/mol. The second-order valence-electron chi connectivity index (χ2n) is 7.16. The van der Waals surface area contributed by atoms with E-state index in [0.717, 1.165) is 30.7 Å². The zero-order valence-electron chi connectivity index (χ0n) is 17.8. The van der Waals surface area contributed by atoms with Crippen molar-refractivity contribution in [3.8, 4) is 5.75 Å². The maximum atomic E-state index is 9.19. The van der Waals surface area contributed by atoms with Gasteiger partial charge in [-0.05, 0) is 49.5 Å². The number of hydrogen-bond acceptors (Lipinski definition) is 5. The molecule has 0 amide bonds. The summed E-state index contributed by atoms with van der Waals surface area (Å²) < 4.78 is 37.6. The Labute approximate surface area is 179 Å². The van der Waals surface area contributed by atoms with Crippen molar-refractivity contribution >= 4 is 20.9 Å². The Balaban J connectivity index is 0.000000575. The van der Waals surface area contributed by atoms with E-state index >= 15 is 0 Å². The molecule has 2 N–H and O–H groups in total. The zero-order chi connectivity index (χ0) is 22.0. The summed E-state index contributed by atoms with van der Waals surface area (Å²) >= 11 is 0. The van der Waals surface area contributed by atoms with Crippen molar-refractivity contribution in [1.29, 1.82) is 0 Å². The first-order valence-electron chi connectivity index (χ1n) is 10.1. The van der Waals surface area contributed by atoms with Gasteiger partial charge in [-0.3, -0.25) is 4.55 Å². The van der Waals surface area contributed by atoms with Gasteiger partial charge in [-0.25, -0.2) is 0 Å². The van der Waals surface area contributed by atoms with Gasteiger partial charge in [-0.2, -0.15) is 8.42 Å². The average molecular weight is 434 g/mol. The highest BCUT2D eigenvalue weighted by Gasteiger charge is 2.16. The van der Waals surface area contributed by atoms with Crippen molar-refractivity contribution in [3.63, 3.8) is 0 Å². The fraction of sp³-hybridized carbons (Fsp3) is 0.391. The number of benzene rings is 2. The number of ether oxygens (including phenoxy) is 1. The molecule has 30 heavy (non-hydrogen) atoms. The average Bonchev–Trinajstić information content (AvgIpc) is 3.23. The van der Waals surface area contributed by atoms with Gasteiger partial charge in [0.05, 0.1) is 18.8 Å². The molecule has 2 aromatic carbocycles. The smallest absolute Gasteiger partial charge is 0.261 e. The zero-order valence-corrected chi connectivity index (χ0v) is 18.6. The summed E-state index contributed by atoms with van der Waals surface area (Å²) in [5.41, 5.74) is 2.48. The topological polar surface area (TPSA) is 88.8 Å². The van der Waals surface area contributed by atoms with E-state index in [1.807, 2.05) is 13.1 Å². The number of aryl methyl sites for hydroxylation is 1. The number of nitrogens with one attached hydrogen (secondary N) is 1. The summed E-state index contributed by atoms with van der Waals surface area (Å²) in [7, 11) is -1.70. The molecule has 0 aliphatic heterocycles. The van der Waals surface area contributed by atoms with E-state index in [-0.39, 0.29) is 6.10 Å². The number of fused-ring (bicyclic) bond motifs is 1. The molecule has 3 aromatic rings. The Morgan fingerprint density at radius 3 is 2.43 bits per heavy atom. The van der Waals surface area contributed by atoms with E-state index in [4.69, 9.17) is 13.7 Å². The monoisotopic (exact) mass is 433 g/mol. The molecule has 0 saturated carbocycles. The minimum Gasteiger partial charge on any atom is -0.485 e. The predicted molar refractivity (Wildman–Crippen MR) is 121 cm³/mol. The van der Waals surface area contributed by atoms with Crippen LogP contribution in [0.4, 0.5) is 0 Å². The fourth-order valence-corrected chi connectivity index (χ4v) is 3.20. The third-order valence-corrected chi connectivity index (χ3v) is 4.61. The Hall–Kier alpha value is -2.35. The van der Waals surface area contributed by atoms with Gasteiger partial charge in [0.1, 0.15) is 11.9 Å². The summed E-state index contributed by atoms with van der Waals surface area (Å²) in [5.74, 6) is 0.943. The Kier molecular flexibility index (Phi) is 9.36. The van der Waals surface area contributed by atoms with Crippen molar-refractivity contribution in [1.82, 2.24) is 5.32 Å². The molecule has 164 valence electrons. The third-order valence-electron chi connectivity index (χ3n) is 4.61. The first-order chi connectivity index (χ1) is 14.3. The Bertz CT molecular complexity index is 992. The largest absolute Gasteiger partial charge is 0.485 e. The van der Waals surface area contributed by atoms with Crippen LogP contribution in [0.1, 0.15) is 43.4 Å². The lowest BCUT2D eigenvalue weighted by Gasteiger charge is -2.20. The van der Waals surface area contributed by atoms with Crippen molar-refractivity contribution in [2.45, 2.75) is 38.7 Å². The molecule has 1 aromatic heterocycles. The van der Waals surface area contributed by atoms with Crippen molar-refractivity contribution in [3.05, 3.63) is 66.1 Å². The summed E-state index contributed by atoms with van der Waals surface area (Å²) in [5, 5.41) is 5.69. The molecule has 6 nitrogen and oxygen atoms in total. The number of furan rings is 1. The second kappa shape index (κ2) is 11.7. The maximum Gasteiger partial charge on any atom is 0.261 e. The third kappa shape index (κ3) is 7.82. The van der Waals surface area contributed by atoms with E-state index in [1.54, 1.807) is 12.5 Å². The van der Waals surface area contributed by atoms with E-state index < -0.39 is 10.1 Å². The minimum atomic E-state index is -3.67. The maximum absolute atomic E-state index is 9.19. The van der Waals surface area contributed by atoms with Crippen LogP contribution in [-0.4, -0.2) is 32.8 Å². The quantitative estimate of drug-likeness (QED) is 0.461. The van der Waals surface area contributed by atoms with Crippen LogP contribution < -0.4 is 10.1 Å². The van der Waals surface area contributed by atoms with Gasteiger partial charge in [0.25, 0.3) is 10.1 Å². The lowest BCUT2D eigenvalue weighted by Crippen LogP contribution is -2.16. The van der Waals surface area contributed by atoms with Crippen molar-refractivity contribution in [2.75, 3.05) is 19.8 Å². The van der Waals surface area contributed by atoms with Crippen LogP contribution in [0, 0.1) is 0 Å². The molecule has 3 rings (SSSR count). The van der Waals surface area contributed by atoms with Crippen LogP contribution >= 0.6 is 0 Å². The highest BCUT2D eigenvalue weighted by molar-refractivity contribution is 7.85. The summed E-state index contributed by atoms with van der Waals surface area (Å²) in [6.45, 7) is 3.12. The van der Waals surface area contributed by atoms with Crippen molar-refractivity contribution < 1.29 is 22.1 Å². The summed E-state index contributed by atoms with van der Waals surface area (Å²) in [4.78, 5) is 0. The molecule has 0 aliphatic carbocycles. The first kappa shape index (κ1) is 23.9. The van der Waals surface area contributed by atoms with Crippen LogP contribution in [-0.2, 0) is 16.5 Å². The molecule has 1 unspecified atom stereocenters. The lowest BCUT2D eigenvalue weighted by molar-refractivity contribution is 0.196. The molecule has 1 heterocycles. The lowest BCUT2D eigenvalue weighted by atomic mass is 9.99. The second-order valence-corrected chi connectivity index (χ2v) is 8.63. The highest BCUT2D eigenvalue weighted by atomic mass is 32.2. The molecular formula is C23H31NO5S. The van der Waals surface area contributed by atoms with Gasteiger partial charge in [-0.15, -0.1) is 0 Å². The van der Waals surface area contributed by atoms with Gasteiger partial charge < -0.3 is 14.5 Å². The van der Waals surface area contributed by atoms with E-state index in [0.29, 0.717) is 6.26 Å². The van der Waals surface area contributed by atoms with Gasteiger partial charge in [0, 0.05) is 17.4 Å². The number of rotatable bonds is 9. The molecule has 0 fully saturated rings. The molecule has 1 atom stereocenters. The van der Waals surface area contributed by atoms with E-state index in [2.05, 4.69) is 48.6 Å². The molecule has 0 aliphatic rings.